The minimum absolute atomic E-state index is 0.269. The Hall–Kier alpha value is -2.70. The van der Waals surface area contributed by atoms with Crippen molar-refractivity contribution in [2.45, 2.75) is 39.5 Å². The SMILES string of the molecule is CCCC[C@@H](CC)CNC(=O)COC(=O)CN1C(=O)C(=O)c2ccccc21. The molecule has 0 saturated carbocycles. The van der Waals surface area contributed by atoms with Crippen LogP contribution in [0, 0.1) is 5.92 Å². The van der Waals surface area contributed by atoms with Gasteiger partial charge in [-0.15, -0.1) is 0 Å². The lowest BCUT2D eigenvalue weighted by Gasteiger charge is -2.16. The van der Waals surface area contributed by atoms with Gasteiger partial charge in [0, 0.05) is 6.54 Å². The van der Waals surface area contributed by atoms with Crippen LogP contribution in [-0.4, -0.2) is 43.3 Å². The third-order valence-electron chi connectivity index (χ3n) is 4.66. The quantitative estimate of drug-likeness (QED) is 0.500. The van der Waals surface area contributed by atoms with Crippen molar-refractivity contribution in [2.75, 3.05) is 24.6 Å². The van der Waals surface area contributed by atoms with Crippen molar-refractivity contribution in [1.29, 1.82) is 0 Å². The van der Waals surface area contributed by atoms with E-state index in [0.717, 1.165) is 30.6 Å². The lowest BCUT2D eigenvalue weighted by Crippen LogP contribution is -2.37. The van der Waals surface area contributed by atoms with Crippen molar-refractivity contribution in [3.8, 4) is 0 Å². The highest BCUT2D eigenvalue weighted by molar-refractivity contribution is 6.52. The molecule has 1 N–H and O–H groups in total. The number of hydrogen-bond donors (Lipinski definition) is 1. The summed E-state index contributed by atoms with van der Waals surface area (Å²) in [5, 5.41) is 2.77. The number of unbranched alkanes of at least 4 members (excludes halogenated alkanes) is 1. The highest BCUT2D eigenvalue weighted by Crippen LogP contribution is 2.28. The molecule has 0 radical (unpaired) electrons. The van der Waals surface area contributed by atoms with E-state index < -0.39 is 30.8 Å². The van der Waals surface area contributed by atoms with E-state index in [0.29, 0.717) is 18.2 Å². The summed E-state index contributed by atoms with van der Waals surface area (Å²) in [6, 6.07) is 6.47. The minimum Gasteiger partial charge on any atom is -0.454 e. The molecule has 0 saturated heterocycles. The average molecular weight is 374 g/mol. The van der Waals surface area contributed by atoms with Crippen molar-refractivity contribution in [1.82, 2.24) is 5.32 Å². The maximum Gasteiger partial charge on any atom is 0.326 e. The van der Waals surface area contributed by atoms with Crippen LogP contribution in [0.4, 0.5) is 5.69 Å². The Bertz CT molecular complexity index is 716. The summed E-state index contributed by atoms with van der Waals surface area (Å²) >= 11 is 0. The number of benzene rings is 1. The number of nitrogens with one attached hydrogen (secondary N) is 1. The van der Waals surface area contributed by atoms with Gasteiger partial charge in [0.05, 0.1) is 11.3 Å². The lowest BCUT2D eigenvalue weighted by molar-refractivity contribution is -0.147. The van der Waals surface area contributed by atoms with Crippen LogP contribution < -0.4 is 10.2 Å². The predicted octanol–water partition coefficient (Wildman–Crippen LogP) is 2.09. The molecule has 7 heteroatoms. The van der Waals surface area contributed by atoms with Crippen molar-refractivity contribution >= 4 is 29.3 Å². The van der Waals surface area contributed by atoms with Crippen LogP contribution in [0.2, 0.25) is 0 Å². The van der Waals surface area contributed by atoms with Gasteiger partial charge in [0.1, 0.15) is 6.54 Å². The van der Waals surface area contributed by atoms with Gasteiger partial charge in [-0.05, 0) is 24.5 Å². The fraction of sp³-hybridized carbons (Fsp3) is 0.500. The molecule has 1 aliphatic heterocycles. The molecule has 0 unspecified atom stereocenters. The number of fused-ring (bicyclic) bond motifs is 1. The molecule has 0 bridgehead atoms. The molecular weight excluding hydrogens is 348 g/mol. The largest absolute Gasteiger partial charge is 0.454 e. The van der Waals surface area contributed by atoms with Crippen molar-refractivity contribution in [2.24, 2.45) is 5.92 Å². The first kappa shape index (κ1) is 20.6. The summed E-state index contributed by atoms with van der Waals surface area (Å²) in [7, 11) is 0. The molecule has 2 amide bonds. The van der Waals surface area contributed by atoms with Gasteiger partial charge in [-0.1, -0.05) is 45.2 Å². The molecule has 0 fully saturated rings. The molecule has 7 nitrogen and oxygen atoms in total. The second kappa shape index (κ2) is 9.85. The zero-order valence-corrected chi connectivity index (χ0v) is 15.8. The standard InChI is InChI=1S/C20H26N2O5/c1-3-5-8-14(4-2)11-21-17(23)13-27-18(24)12-22-16-10-7-6-9-15(16)19(25)20(22)26/h6-7,9-10,14H,3-5,8,11-13H2,1-2H3,(H,21,23)/t14-/m1/s1. The number of amides is 2. The van der Waals surface area contributed by atoms with Gasteiger partial charge in [-0.25, -0.2) is 0 Å². The molecule has 1 aromatic rings. The summed E-state index contributed by atoms with van der Waals surface area (Å²) in [6.45, 7) is 3.96. The number of carbonyl (C=O) groups excluding carboxylic acids is 4. The van der Waals surface area contributed by atoms with Gasteiger partial charge >= 0.3 is 5.97 Å². The average Bonchev–Trinajstić information content (AvgIpc) is 2.91. The first-order valence-corrected chi connectivity index (χ1v) is 9.35. The molecule has 146 valence electrons. The third-order valence-corrected chi connectivity index (χ3v) is 4.66. The first-order chi connectivity index (χ1) is 13.0. The van der Waals surface area contributed by atoms with Crippen LogP contribution in [0.15, 0.2) is 24.3 Å². The Morgan fingerprint density at radius 3 is 2.63 bits per heavy atom. The van der Waals surface area contributed by atoms with Crippen molar-refractivity contribution in [3.05, 3.63) is 29.8 Å². The van der Waals surface area contributed by atoms with Gasteiger partial charge in [-0.3, -0.25) is 24.1 Å². The summed E-state index contributed by atoms with van der Waals surface area (Å²) in [6.07, 6.45) is 4.26. The fourth-order valence-electron chi connectivity index (χ4n) is 2.98. The molecule has 1 aliphatic rings. The molecule has 0 aliphatic carbocycles. The molecule has 2 rings (SSSR count). The topological polar surface area (TPSA) is 92.8 Å². The van der Waals surface area contributed by atoms with Gasteiger partial charge in [0.15, 0.2) is 6.61 Å². The monoisotopic (exact) mass is 374 g/mol. The number of Topliss-reactive ketones (excluding diaryl/α,β-unsaturated/α-hetero) is 1. The number of esters is 1. The first-order valence-electron chi connectivity index (χ1n) is 9.35. The van der Waals surface area contributed by atoms with Crippen LogP contribution in [0.5, 0.6) is 0 Å². The Balaban J connectivity index is 1.79. The molecule has 1 atom stereocenters. The number of rotatable bonds is 10. The number of nitrogens with zero attached hydrogens (tertiary/aromatic N) is 1. The number of hydrogen-bond acceptors (Lipinski definition) is 5. The van der Waals surface area contributed by atoms with Crippen LogP contribution in [0.1, 0.15) is 49.9 Å². The molecule has 27 heavy (non-hydrogen) atoms. The van der Waals surface area contributed by atoms with E-state index in [2.05, 4.69) is 19.2 Å². The highest BCUT2D eigenvalue weighted by atomic mass is 16.5. The van der Waals surface area contributed by atoms with Crippen LogP contribution in [0.25, 0.3) is 0 Å². The summed E-state index contributed by atoms with van der Waals surface area (Å²) < 4.78 is 4.96. The lowest BCUT2D eigenvalue weighted by atomic mass is 9.99. The second-order valence-corrected chi connectivity index (χ2v) is 6.62. The molecule has 0 aromatic heterocycles. The van der Waals surface area contributed by atoms with E-state index in [-0.39, 0.29) is 11.5 Å². The van der Waals surface area contributed by atoms with E-state index in [4.69, 9.17) is 4.74 Å². The molecule has 1 heterocycles. The van der Waals surface area contributed by atoms with E-state index in [1.54, 1.807) is 18.2 Å². The van der Waals surface area contributed by atoms with E-state index in [9.17, 15) is 19.2 Å². The predicted molar refractivity (Wildman–Crippen MR) is 100 cm³/mol. The maximum absolute atomic E-state index is 12.0. The van der Waals surface area contributed by atoms with Gasteiger partial charge in [-0.2, -0.15) is 0 Å². The molecule has 0 spiro atoms. The smallest absolute Gasteiger partial charge is 0.326 e. The van der Waals surface area contributed by atoms with Gasteiger partial charge in [0.2, 0.25) is 0 Å². The number of carbonyl (C=O) groups is 4. The summed E-state index contributed by atoms with van der Waals surface area (Å²) in [5.41, 5.74) is 0.654. The van der Waals surface area contributed by atoms with Crippen molar-refractivity contribution in [3.63, 3.8) is 0 Å². The minimum atomic E-state index is -0.765. The fourth-order valence-corrected chi connectivity index (χ4v) is 2.98. The highest BCUT2D eigenvalue weighted by Gasteiger charge is 2.36. The zero-order chi connectivity index (χ0) is 19.8. The Labute approximate surface area is 159 Å². The van der Waals surface area contributed by atoms with Crippen LogP contribution in [-0.2, 0) is 19.1 Å². The second-order valence-electron chi connectivity index (χ2n) is 6.62. The van der Waals surface area contributed by atoms with Crippen molar-refractivity contribution < 1.29 is 23.9 Å². The Morgan fingerprint density at radius 2 is 1.93 bits per heavy atom. The molecule has 1 aromatic carbocycles. The number of anilines is 1. The normalized spacial score (nSPS) is 14.1. The van der Waals surface area contributed by atoms with E-state index in [1.807, 2.05) is 0 Å². The van der Waals surface area contributed by atoms with Gasteiger partial charge in [0.25, 0.3) is 17.6 Å². The number of ketones is 1. The molecular formula is C20H26N2O5. The third kappa shape index (κ3) is 5.39. The van der Waals surface area contributed by atoms with Crippen LogP contribution >= 0.6 is 0 Å². The summed E-state index contributed by atoms with van der Waals surface area (Å²) in [5.74, 6) is -2.11. The van der Waals surface area contributed by atoms with Crippen LogP contribution in [0.3, 0.4) is 0 Å². The maximum atomic E-state index is 12.0. The Morgan fingerprint density at radius 1 is 1.19 bits per heavy atom. The Kier molecular flexibility index (Phi) is 7.52. The number of para-hydroxylation sites is 1. The zero-order valence-electron chi connectivity index (χ0n) is 15.8. The summed E-state index contributed by atoms with van der Waals surface area (Å²) in [4.78, 5) is 48.9. The van der Waals surface area contributed by atoms with Gasteiger partial charge < -0.3 is 10.1 Å². The van der Waals surface area contributed by atoms with E-state index in [1.165, 1.54) is 6.07 Å². The number of ether oxygens (including phenoxy) is 1. The van der Waals surface area contributed by atoms with E-state index >= 15 is 0 Å².